The van der Waals surface area contributed by atoms with Gasteiger partial charge >= 0.3 is 0 Å². The van der Waals surface area contributed by atoms with E-state index in [0.29, 0.717) is 11.6 Å². The first-order valence-corrected chi connectivity index (χ1v) is 5.62. The van der Waals surface area contributed by atoms with E-state index in [1.807, 2.05) is 12.1 Å². The first-order chi connectivity index (χ1) is 7.78. The maximum Gasteiger partial charge on any atom is 0.125 e. The van der Waals surface area contributed by atoms with Crippen LogP contribution in [0.15, 0.2) is 28.9 Å². The molecule has 86 valence electrons. The Morgan fingerprint density at radius 1 is 1.44 bits per heavy atom. The van der Waals surface area contributed by atoms with Crippen molar-refractivity contribution in [2.75, 3.05) is 6.54 Å². The molecule has 0 saturated heterocycles. The number of nitrogens with zero attached hydrogens (tertiary/aromatic N) is 2. The SMILES string of the molecule is CCNCc1ccc(Cn2cc(Cl)cn2)o1. The average Bonchev–Trinajstić information content (AvgIpc) is 2.86. The van der Waals surface area contributed by atoms with Crippen molar-refractivity contribution in [2.45, 2.75) is 20.0 Å². The summed E-state index contributed by atoms with van der Waals surface area (Å²) in [6.07, 6.45) is 3.39. The highest BCUT2D eigenvalue weighted by Crippen LogP contribution is 2.11. The van der Waals surface area contributed by atoms with Crippen molar-refractivity contribution in [3.63, 3.8) is 0 Å². The summed E-state index contributed by atoms with van der Waals surface area (Å²) in [5.41, 5.74) is 0. The Morgan fingerprint density at radius 3 is 2.94 bits per heavy atom. The molecule has 0 unspecified atom stereocenters. The van der Waals surface area contributed by atoms with Crippen LogP contribution in [0.1, 0.15) is 18.4 Å². The van der Waals surface area contributed by atoms with Gasteiger partial charge in [-0.05, 0) is 18.7 Å². The molecule has 0 aromatic carbocycles. The normalized spacial score (nSPS) is 10.9. The number of hydrogen-bond donors (Lipinski definition) is 1. The number of furan rings is 1. The minimum atomic E-state index is 0.610. The van der Waals surface area contributed by atoms with Crippen LogP contribution in [-0.2, 0) is 13.1 Å². The standard InChI is InChI=1S/C11H14ClN3O/c1-2-13-6-10-3-4-11(16-10)8-15-7-9(12)5-14-15/h3-5,7,13H,2,6,8H2,1H3. The third kappa shape index (κ3) is 2.87. The second kappa shape index (κ2) is 5.18. The Labute approximate surface area is 99.2 Å². The zero-order valence-electron chi connectivity index (χ0n) is 9.11. The van der Waals surface area contributed by atoms with Gasteiger partial charge in [0.1, 0.15) is 11.5 Å². The Morgan fingerprint density at radius 2 is 2.25 bits per heavy atom. The molecule has 16 heavy (non-hydrogen) atoms. The minimum Gasteiger partial charge on any atom is -0.463 e. The Balaban J connectivity index is 1.97. The summed E-state index contributed by atoms with van der Waals surface area (Å²) in [5.74, 6) is 1.82. The van der Waals surface area contributed by atoms with E-state index in [1.165, 1.54) is 0 Å². The lowest BCUT2D eigenvalue weighted by molar-refractivity contribution is 0.432. The quantitative estimate of drug-likeness (QED) is 0.871. The molecule has 2 aromatic heterocycles. The smallest absolute Gasteiger partial charge is 0.125 e. The molecule has 1 N–H and O–H groups in total. The zero-order chi connectivity index (χ0) is 11.4. The van der Waals surface area contributed by atoms with E-state index in [1.54, 1.807) is 17.1 Å². The molecular formula is C11H14ClN3O. The van der Waals surface area contributed by atoms with Crippen LogP contribution in [0.4, 0.5) is 0 Å². The molecule has 4 nitrogen and oxygen atoms in total. The van der Waals surface area contributed by atoms with Crippen LogP contribution in [0.5, 0.6) is 0 Å². The van der Waals surface area contributed by atoms with Gasteiger partial charge in [0.15, 0.2) is 0 Å². The monoisotopic (exact) mass is 239 g/mol. The van der Waals surface area contributed by atoms with Crippen molar-refractivity contribution < 1.29 is 4.42 Å². The molecule has 0 atom stereocenters. The predicted octanol–water partition coefficient (Wildman–Crippen LogP) is 2.29. The molecule has 0 fully saturated rings. The number of rotatable bonds is 5. The van der Waals surface area contributed by atoms with Gasteiger partial charge in [-0.25, -0.2) is 0 Å². The first-order valence-electron chi connectivity index (χ1n) is 5.24. The van der Waals surface area contributed by atoms with Crippen LogP contribution in [-0.4, -0.2) is 16.3 Å². The molecule has 0 aliphatic heterocycles. The number of hydrogen-bond acceptors (Lipinski definition) is 3. The van der Waals surface area contributed by atoms with Gasteiger partial charge in [-0.1, -0.05) is 18.5 Å². The van der Waals surface area contributed by atoms with Crippen molar-refractivity contribution in [3.05, 3.63) is 41.1 Å². The van der Waals surface area contributed by atoms with Gasteiger partial charge in [-0.3, -0.25) is 4.68 Å². The topological polar surface area (TPSA) is 43.0 Å². The van der Waals surface area contributed by atoms with Gasteiger partial charge in [-0.2, -0.15) is 5.10 Å². The van der Waals surface area contributed by atoms with Crippen LogP contribution in [0, 0.1) is 0 Å². The molecular weight excluding hydrogens is 226 g/mol. The average molecular weight is 240 g/mol. The molecule has 2 heterocycles. The molecule has 2 aromatic rings. The molecule has 0 aliphatic carbocycles. The van der Waals surface area contributed by atoms with Crippen LogP contribution in [0.2, 0.25) is 5.02 Å². The second-order valence-electron chi connectivity index (χ2n) is 3.50. The van der Waals surface area contributed by atoms with Crippen LogP contribution < -0.4 is 5.32 Å². The van der Waals surface area contributed by atoms with Crippen molar-refractivity contribution >= 4 is 11.6 Å². The van der Waals surface area contributed by atoms with Gasteiger partial charge in [0.2, 0.25) is 0 Å². The maximum absolute atomic E-state index is 5.78. The summed E-state index contributed by atoms with van der Waals surface area (Å²) in [6, 6.07) is 3.94. The highest BCUT2D eigenvalue weighted by molar-refractivity contribution is 6.30. The Kier molecular flexibility index (Phi) is 3.64. The molecule has 0 spiro atoms. The summed E-state index contributed by atoms with van der Waals surface area (Å²) in [6.45, 7) is 4.37. The van der Waals surface area contributed by atoms with E-state index in [0.717, 1.165) is 24.6 Å². The van der Waals surface area contributed by atoms with E-state index in [2.05, 4.69) is 17.3 Å². The summed E-state index contributed by atoms with van der Waals surface area (Å²) in [4.78, 5) is 0. The van der Waals surface area contributed by atoms with E-state index in [-0.39, 0.29) is 0 Å². The lowest BCUT2D eigenvalue weighted by Crippen LogP contribution is -2.10. The van der Waals surface area contributed by atoms with Crippen LogP contribution in [0.3, 0.4) is 0 Å². The zero-order valence-corrected chi connectivity index (χ0v) is 9.87. The van der Waals surface area contributed by atoms with Gasteiger partial charge in [0.25, 0.3) is 0 Å². The van der Waals surface area contributed by atoms with E-state index < -0.39 is 0 Å². The molecule has 2 rings (SSSR count). The molecule has 0 aliphatic rings. The maximum atomic E-state index is 5.78. The van der Waals surface area contributed by atoms with Gasteiger partial charge < -0.3 is 9.73 Å². The fourth-order valence-corrected chi connectivity index (χ4v) is 1.59. The Bertz CT molecular complexity index is 450. The molecule has 0 amide bonds. The number of halogens is 1. The fraction of sp³-hybridized carbons (Fsp3) is 0.364. The third-order valence-corrected chi connectivity index (χ3v) is 2.38. The van der Waals surface area contributed by atoms with Gasteiger partial charge in [0, 0.05) is 6.20 Å². The minimum absolute atomic E-state index is 0.610. The van der Waals surface area contributed by atoms with Gasteiger partial charge in [-0.15, -0.1) is 0 Å². The summed E-state index contributed by atoms with van der Waals surface area (Å²) < 4.78 is 7.38. The van der Waals surface area contributed by atoms with Crippen LogP contribution in [0.25, 0.3) is 0 Å². The third-order valence-electron chi connectivity index (χ3n) is 2.19. The summed E-state index contributed by atoms with van der Waals surface area (Å²) >= 11 is 5.78. The summed E-state index contributed by atoms with van der Waals surface area (Å²) in [5, 5.41) is 7.94. The fourth-order valence-electron chi connectivity index (χ4n) is 1.43. The molecule has 5 heteroatoms. The van der Waals surface area contributed by atoms with Crippen LogP contribution >= 0.6 is 11.6 Å². The number of aromatic nitrogens is 2. The molecule has 0 bridgehead atoms. The highest BCUT2D eigenvalue weighted by atomic mass is 35.5. The second-order valence-corrected chi connectivity index (χ2v) is 3.94. The van der Waals surface area contributed by atoms with E-state index in [4.69, 9.17) is 16.0 Å². The molecule has 0 saturated carbocycles. The van der Waals surface area contributed by atoms with Gasteiger partial charge in [0.05, 0.1) is 24.3 Å². The van der Waals surface area contributed by atoms with E-state index >= 15 is 0 Å². The largest absolute Gasteiger partial charge is 0.463 e. The lowest BCUT2D eigenvalue weighted by Gasteiger charge is -1.98. The predicted molar refractivity (Wildman–Crippen MR) is 62.4 cm³/mol. The van der Waals surface area contributed by atoms with E-state index in [9.17, 15) is 0 Å². The highest BCUT2D eigenvalue weighted by Gasteiger charge is 2.03. The first kappa shape index (κ1) is 11.2. The van der Waals surface area contributed by atoms with Crippen molar-refractivity contribution in [1.82, 2.24) is 15.1 Å². The summed E-state index contributed by atoms with van der Waals surface area (Å²) in [7, 11) is 0. The van der Waals surface area contributed by atoms with Crippen molar-refractivity contribution in [3.8, 4) is 0 Å². The number of nitrogens with one attached hydrogen (secondary N) is 1. The van der Waals surface area contributed by atoms with Crippen molar-refractivity contribution in [1.29, 1.82) is 0 Å². The van der Waals surface area contributed by atoms with Crippen molar-refractivity contribution in [2.24, 2.45) is 0 Å². The lowest BCUT2D eigenvalue weighted by atomic mass is 10.4. The Hall–Kier alpha value is -1.26. The molecule has 0 radical (unpaired) electrons.